The molecule has 25 heavy (non-hydrogen) atoms. The lowest BCUT2D eigenvalue weighted by molar-refractivity contribution is -0.130. The first-order chi connectivity index (χ1) is 12.0. The molecule has 1 fully saturated rings. The summed E-state index contributed by atoms with van der Waals surface area (Å²) in [5.74, 6) is -2.00. The number of carbonyl (C=O) groups is 2. The molecule has 1 aliphatic rings. The van der Waals surface area contributed by atoms with Gasteiger partial charge in [0.25, 0.3) is 5.91 Å². The van der Waals surface area contributed by atoms with Crippen LogP contribution in [0.25, 0.3) is 0 Å². The normalized spacial score (nSPS) is 17.9. The van der Waals surface area contributed by atoms with Gasteiger partial charge in [-0.2, -0.15) is 0 Å². The van der Waals surface area contributed by atoms with Gasteiger partial charge >= 0.3 is 0 Å². The highest BCUT2D eigenvalue weighted by Gasteiger charge is 2.38. The molecule has 7 heteroatoms. The van der Waals surface area contributed by atoms with E-state index in [1.807, 2.05) is 19.1 Å². The summed E-state index contributed by atoms with van der Waals surface area (Å²) in [5.41, 5.74) is 2.21. The minimum Gasteiger partial charge on any atom is -0.301 e. The van der Waals surface area contributed by atoms with E-state index in [9.17, 15) is 9.59 Å². The highest BCUT2D eigenvalue weighted by Crippen LogP contribution is 2.22. The van der Waals surface area contributed by atoms with Gasteiger partial charge in [0, 0.05) is 11.2 Å². The average Bonchev–Trinajstić information content (AvgIpc) is 2.56. The predicted octanol–water partition coefficient (Wildman–Crippen LogP) is 3.41. The van der Waals surface area contributed by atoms with E-state index in [-0.39, 0.29) is 5.11 Å². The van der Waals surface area contributed by atoms with Crippen molar-refractivity contribution in [3.8, 4) is 0 Å². The van der Waals surface area contributed by atoms with Crippen LogP contribution in [0.5, 0.6) is 0 Å². The van der Waals surface area contributed by atoms with Gasteiger partial charge in [-0.1, -0.05) is 35.4 Å². The summed E-state index contributed by atoms with van der Waals surface area (Å²) < 4.78 is 0. The Labute approximate surface area is 155 Å². The zero-order valence-corrected chi connectivity index (χ0v) is 14.8. The van der Waals surface area contributed by atoms with E-state index in [0.29, 0.717) is 16.4 Å². The Morgan fingerprint density at radius 3 is 2.60 bits per heavy atom. The Kier molecular flexibility index (Phi) is 4.92. The molecule has 1 saturated heterocycles. The Hall–Kier alpha value is -2.57. The third-order valence-electron chi connectivity index (χ3n) is 3.68. The quantitative estimate of drug-likeness (QED) is 0.511. The number of amides is 2. The molecule has 5 nitrogen and oxygen atoms in total. The number of aryl methyl sites for hydroxylation is 1. The van der Waals surface area contributed by atoms with E-state index in [4.69, 9.17) is 23.8 Å². The van der Waals surface area contributed by atoms with Crippen molar-refractivity contribution in [2.45, 2.75) is 6.92 Å². The summed E-state index contributed by atoms with van der Waals surface area (Å²) in [5, 5.41) is 3.14. The van der Waals surface area contributed by atoms with Gasteiger partial charge in [0.05, 0.1) is 11.4 Å². The highest BCUT2D eigenvalue weighted by molar-refractivity contribution is 7.80. The number of carbonyl (C=O) groups excluding carboxylic acids is 2. The summed E-state index contributed by atoms with van der Waals surface area (Å²) in [6.45, 7) is 1.95. The van der Waals surface area contributed by atoms with Crippen LogP contribution in [0.1, 0.15) is 5.56 Å². The zero-order valence-electron chi connectivity index (χ0n) is 13.3. The van der Waals surface area contributed by atoms with E-state index in [1.54, 1.807) is 36.4 Å². The van der Waals surface area contributed by atoms with Gasteiger partial charge in [-0.15, -0.1) is 0 Å². The average molecular weight is 372 g/mol. The van der Waals surface area contributed by atoms with Gasteiger partial charge in [-0.25, -0.2) is 0 Å². The maximum atomic E-state index is 12.8. The molecular formula is C18H14ClN3O2S. The molecule has 0 saturated carbocycles. The SMILES string of the molecule is Cc1ccc(N2C(=O)[C@@H](C=Nc3cccc(Cl)c3)C(=O)NC2=S)cc1. The van der Waals surface area contributed by atoms with Crippen molar-refractivity contribution in [1.82, 2.24) is 5.32 Å². The van der Waals surface area contributed by atoms with E-state index in [1.165, 1.54) is 11.1 Å². The molecule has 1 aliphatic heterocycles. The van der Waals surface area contributed by atoms with Crippen LogP contribution in [0.3, 0.4) is 0 Å². The number of benzene rings is 2. The summed E-state index contributed by atoms with van der Waals surface area (Å²) in [6.07, 6.45) is 1.31. The summed E-state index contributed by atoms with van der Waals surface area (Å²) in [4.78, 5) is 30.5. The number of thiocarbonyl (C=S) groups is 1. The van der Waals surface area contributed by atoms with Crippen molar-refractivity contribution in [2.75, 3.05) is 4.90 Å². The van der Waals surface area contributed by atoms with Gasteiger partial charge in [0.15, 0.2) is 11.0 Å². The van der Waals surface area contributed by atoms with E-state index >= 15 is 0 Å². The van der Waals surface area contributed by atoms with Crippen molar-refractivity contribution in [3.05, 3.63) is 59.1 Å². The molecule has 1 atom stereocenters. The van der Waals surface area contributed by atoms with Gasteiger partial charge in [0.1, 0.15) is 0 Å². The van der Waals surface area contributed by atoms with Crippen molar-refractivity contribution in [1.29, 1.82) is 0 Å². The van der Waals surface area contributed by atoms with Crippen molar-refractivity contribution in [3.63, 3.8) is 0 Å². The molecule has 1 N–H and O–H groups in total. The number of hydrogen-bond donors (Lipinski definition) is 1. The number of nitrogens with zero attached hydrogens (tertiary/aromatic N) is 2. The van der Waals surface area contributed by atoms with Crippen LogP contribution in [-0.4, -0.2) is 23.1 Å². The lowest BCUT2D eigenvalue weighted by Gasteiger charge is -2.30. The zero-order chi connectivity index (χ0) is 18.0. The second kappa shape index (κ2) is 7.13. The van der Waals surface area contributed by atoms with Crippen LogP contribution in [0.2, 0.25) is 5.02 Å². The second-order valence-electron chi connectivity index (χ2n) is 5.54. The van der Waals surface area contributed by atoms with E-state index in [2.05, 4.69) is 10.3 Å². The monoisotopic (exact) mass is 371 g/mol. The minimum atomic E-state index is -1.06. The third-order valence-corrected chi connectivity index (χ3v) is 4.19. The van der Waals surface area contributed by atoms with Crippen molar-refractivity contribution in [2.24, 2.45) is 10.9 Å². The van der Waals surface area contributed by atoms with Gasteiger partial charge in [-0.3, -0.25) is 19.5 Å². The highest BCUT2D eigenvalue weighted by atomic mass is 35.5. The van der Waals surface area contributed by atoms with E-state index < -0.39 is 17.7 Å². The number of halogens is 1. The van der Waals surface area contributed by atoms with Gasteiger partial charge < -0.3 is 5.32 Å². The first kappa shape index (κ1) is 17.3. The molecule has 2 aromatic carbocycles. The van der Waals surface area contributed by atoms with Crippen LogP contribution < -0.4 is 10.2 Å². The summed E-state index contributed by atoms with van der Waals surface area (Å²) >= 11 is 11.1. The van der Waals surface area contributed by atoms with Gasteiger partial charge in [-0.05, 0) is 49.5 Å². The fourth-order valence-corrected chi connectivity index (χ4v) is 2.86. The Balaban J connectivity index is 1.89. The van der Waals surface area contributed by atoms with Crippen LogP contribution in [0.4, 0.5) is 11.4 Å². The second-order valence-corrected chi connectivity index (χ2v) is 6.36. The van der Waals surface area contributed by atoms with Crippen LogP contribution in [0.15, 0.2) is 53.5 Å². The number of hydrogen-bond acceptors (Lipinski definition) is 4. The lowest BCUT2D eigenvalue weighted by Crippen LogP contribution is -2.58. The molecule has 2 amide bonds. The molecule has 0 spiro atoms. The minimum absolute atomic E-state index is 0.0614. The van der Waals surface area contributed by atoms with Crippen molar-refractivity contribution < 1.29 is 9.59 Å². The van der Waals surface area contributed by atoms with Crippen LogP contribution in [-0.2, 0) is 9.59 Å². The predicted molar refractivity (Wildman–Crippen MR) is 102 cm³/mol. The summed E-state index contributed by atoms with van der Waals surface area (Å²) in [6, 6.07) is 14.1. The number of nitrogens with one attached hydrogen (secondary N) is 1. The molecular weight excluding hydrogens is 358 g/mol. The molecule has 0 unspecified atom stereocenters. The van der Waals surface area contributed by atoms with Crippen molar-refractivity contribution >= 4 is 58.3 Å². The molecule has 3 rings (SSSR count). The van der Waals surface area contributed by atoms with Gasteiger partial charge in [0.2, 0.25) is 5.91 Å². The smallest absolute Gasteiger partial charge is 0.251 e. The largest absolute Gasteiger partial charge is 0.301 e. The Morgan fingerprint density at radius 2 is 1.92 bits per heavy atom. The third kappa shape index (κ3) is 3.75. The lowest BCUT2D eigenvalue weighted by atomic mass is 10.1. The molecule has 0 aliphatic carbocycles. The molecule has 0 bridgehead atoms. The van der Waals surface area contributed by atoms with E-state index in [0.717, 1.165) is 5.56 Å². The Morgan fingerprint density at radius 1 is 1.20 bits per heavy atom. The maximum absolute atomic E-state index is 12.8. The molecule has 1 heterocycles. The first-order valence-corrected chi connectivity index (χ1v) is 8.29. The molecule has 2 aromatic rings. The number of aliphatic imine (C=N–C) groups is 1. The fraction of sp³-hybridized carbons (Fsp3) is 0.111. The first-order valence-electron chi connectivity index (χ1n) is 7.51. The molecule has 0 radical (unpaired) electrons. The van der Waals surface area contributed by atoms with Crippen LogP contribution >= 0.6 is 23.8 Å². The maximum Gasteiger partial charge on any atom is 0.251 e. The molecule has 126 valence electrons. The number of anilines is 1. The summed E-state index contributed by atoms with van der Waals surface area (Å²) in [7, 11) is 0. The topological polar surface area (TPSA) is 61.8 Å². The fourth-order valence-electron chi connectivity index (χ4n) is 2.38. The molecule has 0 aromatic heterocycles. The Bertz CT molecular complexity index is 880. The standard InChI is InChI=1S/C18H14ClN3O2S/c1-11-5-7-14(8-6-11)22-17(24)15(16(23)21-18(22)25)10-20-13-4-2-3-12(19)9-13/h2-10,15H,1H3,(H,21,23,25)/t15-/m0/s1. The number of rotatable bonds is 3. The van der Waals surface area contributed by atoms with Crippen LogP contribution in [0, 0.1) is 12.8 Å².